The summed E-state index contributed by atoms with van der Waals surface area (Å²) in [5.41, 5.74) is 0. The van der Waals surface area contributed by atoms with E-state index in [-0.39, 0.29) is 18.5 Å². The molecule has 1 aliphatic rings. The molecule has 7 nitrogen and oxygen atoms in total. The van der Waals surface area contributed by atoms with Crippen LogP contribution in [0.3, 0.4) is 0 Å². The van der Waals surface area contributed by atoms with Crippen LogP contribution in [0.25, 0.3) is 0 Å². The Hall–Kier alpha value is -1.83. The highest BCUT2D eigenvalue weighted by molar-refractivity contribution is 7.13. The Labute approximate surface area is 127 Å². The Bertz CT molecular complexity index is 472. The van der Waals surface area contributed by atoms with Crippen LogP contribution in [0.5, 0.6) is 0 Å². The Morgan fingerprint density at radius 2 is 2.14 bits per heavy atom. The van der Waals surface area contributed by atoms with E-state index in [2.05, 4.69) is 15.2 Å². The van der Waals surface area contributed by atoms with Crippen molar-refractivity contribution in [3.8, 4) is 0 Å². The zero-order valence-corrected chi connectivity index (χ0v) is 12.8. The zero-order chi connectivity index (χ0) is 15.2. The summed E-state index contributed by atoms with van der Waals surface area (Å²) in [5.74, 6) is -0.840. The second-order valence-electron chi connectivity index (χ2n) is 5.07. The molecule has 2 N–H and O–H groups in total. The maximum Gasteiger partial charge on any atom is 0.317 e. The van der Waals surface area contributed by atoms with Crippen molar-refractivity contribution in [3.63, 3.8) is 0 Å². The lowest BCUT2D eigenvalue weighted by molar-refractivity contribution is -0.137. The van der Waals surface area contributed by atoms with E-state index in [9.17, 15) is 9.59 Å². The third kappa shape index (κ3) is 4.59. The monoisotopic (exact) mass is 312 g/mol. The summed E-state index contributed by atoms with van der Waals surface area (Å²) in [6.07, 6.45) is 2.29. The smallest absolute Gasteiger partial charge is 0.317 e. The Morgan fingerprint density at radius 3 is 2.71 bits per heavy atom. The van der Waals surface area contributed by atoms with Gasteiger partial charge in [0, 0.05) is 50.2 Å². The number of hydrogen-bond acceptors (Lipinski definition) is 5. The predicted octanol–water partition coefficient (Wildman–Crippen LogP) is 1.23. The van der Waals surface area contributed by atoms with Crippen LogP contribution in [0.1, 0.15) is 19.8 Å². The number of amides is 2. The lowest BCUT2D eigenvalue weighted by Crippen LogP contribution is -2.53. The van der Waals surface area contributed by atoms with Crippen molar-refractivity contribution < 1.29 is 14.7 Å². The quantitative estimate of drug-likeness (QED) is 0.854. The third-order valence-electron chi connectivity index (χ3n) is 3.42. The number of aromatic nitrogens is 1. The average Bonchev–Trinajstić information content (AvgIpc) is 2.99. The van der Waals surface area contributed by atoms with Crippen molar-refractivity contribution in [1.82, 2.24) is 15.2 Å². The number of piperazine rings is 1. The topological polar surface area (TPSA) is 85.8 Å². The number of thiazole rings is 1. The second kappa shape index (κ2) is 7.26. The van der Waals surface area contributed by atoms with Crippen molar-refractivity contribution >= 4 is 28.5 Å². The first-order valence-electron chi connectivity index (χ1n) is 6.98. The van der Waals surface area contributed by atoms with Gasteiger partial charge in [-0.2, -0.15) is 0 Å². The number of carbonyl (C=O) groups is 2. The SMILES string of the molecule is CC(CCC(=O)O)NC(=O)N1CCN(c2nccs2)CC1. The van der Waals surface area contributed by atoms with Crippen LogP contribution in [0.2, 0.25) is 0 Å². The Morgan fingerprint density at radius 1 is 1.43 bits per heavy atom. The average molecular weight is 312 g/mol. The number of nitrogens with zero attached hydrogens (tertiary/aromatic N) is 3. The first kappa shape index (κ1) is 15.6. The number of carbonyl (C=O) groups excluding carboxylic acids is 1. The number of urea groups is 1. The molecule has 0 aliphatic carbocycles. The molecule has 116 valence electrons. The summed E-state index contributed by atoms with van der Waals surface area (Å²) in [7, 11) is 0. The molecule has 2 amide bonds. The van der Waals surface area contributed by atoms with Gasteiger partial charge >= 0.3 is 12.0 Å². The van der Waals surface area contributed by atoms with Crippen LogP contribution in [-0.4, -0.2) is 59.2 Å². The molecular weight excluding hydrogens is 292 g/mol. The van der Waals surface area contributed by atoms with E-state index in [1.807, 2.05) is 12.3 Å². The minimum absolute atomic E-state index is 0.0687. The molecule has 1 aliphatic heterocycles. The predicted molar refractivity (Wildman–Crippen MR) is 80.8 cm³/mol. The van der Waals surface area contributed by atoms with Gasteiger partial charge in [0.05, 0.1) is 0 Å². The summed E-state index contributed by atoms with van der Waals surface area (Å²) in [6, 6.07) is -0.253. The van der Waals surface area contributed by atoms with Gasteiger partial charge < -0.3 is 20.2 Å². The van der Waals surface area contributed by atoms with Gasteiger partial charge in [0.2, 0.25) is 0 Å². The molecule has 0 spiro atoms. The van der Waals surface area contributed by atoms with Crippen LogP contribution in [-0.2, 0) is 4.79 Å². The summed E-state index contributed by atoms with van der Waals surface area (Å²) in [6.45, 7) is 4.66. The molecule has 0 saturated carbocycles. The van der Waals surface area contributed by atoms with Crippen LogP contribution < -0.4 is 10.2 Å². The number of nitrogens with one attached hydrogen (secondary N) is 1. The van der Waals surface area contributed by atoms with E-state index >= 15 is 0 Å². The minimum Gasteiger partial charge on any atom is -0.481 e. The van der Waals surface area contributed by atoms with Crippen molar-refractivity contribution in [2.75, 3.05) is 31.1 Å². The standard InChI is InChI=1S/C13H20N4O3S/c1-10(2-3-11(18)19)15-12(20)16-5-7-17(8-6-16)13-14-4-9-21-13/h4,9-10H,2-3,5-8H2,1H3,(H,15,20)(H,18,19). The van der Waals surface area contributed by atoms with E-state index < -0.39 is 5.97 Å². The number of aliphatic carboxylic acids is 1. The molecule has 2 rings (SSSR count). The molecule has 0 bridgehead atoms. The van der Waals surface area contributed by atoms with E-state index in [1.165, 1.54) is 0 Å². The first-order valence-corrected chi connectivity index (χ1v) is 7.86. The van der Waals surface area contributed by atoms with Gasteiger partial charge in [0.25, 0.3) is 0 Å². The largest absolute Gasteiger partial charge is 0.481 e. The lowest BCUT2D eigenvalue weighted by atomic mass is 10.2. The normalized spacial score (nSPS) is 16.6. The van der Waals surface area contributed by atoms with Gasteiger partial charge in [0.15, 0.2) is 5.13 Å². The number of hydrogen-bond donors (Lipinski definition) is 2. The molecule has 2 heterocycles. The molecule has 8 heteroatoms. The fourth-order valence-corrected chi connectivity index (χ4v) is 2.88. The van der Waals surface area contributed by atoms with Gasteiger partial charge in [-0.25, -0.2) is 9.78 Å². The number of rotatable bonds is 5. The first-order chi connectivity index (χ1) is 10.1. The molecule has 21 heavy (non-hydrogen) atoms. The van der Waals surface area contributed by atoms with Crippen molar-refractivity contribution in [2.45, 2.75) is 25.8 Å². The molecule has 1 fully saturated rings. The van der Waals surface area contributed by atoms with Crippen LogP contribution in [0.15, 0.2) is 11.6 Å². The van der Waals surface area contributed by atoms with Crippen molar-refractivity contribution in [2.24, 2.45) is 0 Å². The molecule has 1 unspecified atom stereocenters. The van der Waals surface area contributed by atoms with Crippen molar-refractivity contribution in [1.29, 1.82) is 0 Å². The van der Waals surface area contributed by atoms with Gasteiger partial charge in [0.1, 0.15) is 0 Å². The summed E-state index contributed by atoms with van der Waals surface area (Å²) >= 11 is 1.60. The molecular formula is C13H20N4O3S. The van der Waals surface area contributed by atoms with Gasteiger partial charge in [-0.3, -0.25) is 4.79 Å². The third-order valence-corrected chi connectivity index (χ3v) is 4.25. The maximum absolute atomic E-state index is 12.1. The zero-order valence-electron chi connectivity index (χ0n) is 12.0. The van der Waals surface area contributed by atoms with Crippen LogP contribution in [0.4, 0.5) is 9.93 Å². The highest BCUT2D eigenvalue weighted by atomic mass is 32.1. The van der Waals surface area contributed by atoms with Gasteiger partial charge in [-0.1, -0.05) is 0 Å². The fourth-order valence-electron chi connectivity index (χ4n) is 2.19. The molecule has 0 radical (unpaired) electrons. The molecule has 1 saturated heterocycles. The summed E-state index contributed by atoms with van der Waals surface area (Å²) in [4.78, 5) is 30.8. The van der Waals surface area contributed by atoms with E-state index in [4.69, 9.17) is 5.11 Å². The molecule has 1 aromatic rings. The summed E-state index contributed by atoms with van der Waals surface area (Å²) < 4.78 is 0. The molecule has 1 aromatic heterocycles. The van der Waals surface area contributed by atoms with E-state index in [1.54, 1.807) is 22.4 Å². The highest BCUT2D eigenvalue weighted by Crippen LogP contribution is 2.18. The highest BCUT2D eigenvalue weighted by Gasteiger charge is 2.23. The maximum atomic E-state index is 12.1. The Kier molecular flexibility index (Phi) is 5.38. The number of anilines is 1. The van der Waals surface area contributed by atoms with Gasteiger partial charge in [-0.05, 0) is 13.3 Å². The van der Waals surface area contributed by atoms with Crippen LogP contribution in [0, 0.1) is 0 Å². The van der Waals surface area contributed by atoms with E-state index in [0.717, 1.165) is 18.2 Å². The van der Waals surface area contributed by atoms with E-state index in [0.29, 0.717) is 19.5 Å². The number of carboxylic acid groups (broad SMARTS) is 1. The Balaban J connectivity index is 1.74. The summed E-state index contributed by atoms with van der Waals surface area (Å²) in [5, 5.41) is 14.4. The molecule has 0 aromatic carbocycles. The molecule has 1 atom stereocenters. The van der Waals surface area contributed by atoms with Crippen molar-refractivity contribution in [3.05, 3.63) is 11.6 Å². The fraction of sp³-hybridized carbons (Fsp3) is 0.615. The second-order valence-corrected chi connectivity index (χ2v) is 5.94. The lowest BCUT2D eigenvalue weighted by Gasteiger charge is -2.35. The van der Waals surface area contributed by atoms with Gasteiger partial charge in [-0.15, -0.1) is 11.3 Å². The minimum atomic E-state index is -0.840. The van der Waals surface area contributed by atoms with Crippen LogP contribution >= 0.6 is 11.3 Å². The number of carboxylic acids is 1.